The summed E-state index contributed by atoms with van der Waals surface area (Å²) in [6.45, 7) is 8.62. The third-order valence-corrected chi connectivity index (χ3v) is 6.05. The number of nitrogens with zero attached hydrogens (tertiary/aromatic N) is 3. The van der Waals surface area contributed by atoms with E-state index in [1.807, 2.05) is 79.7 Å². The molecule has 0 radical (unpaired) electrons. The number of aromatic nitrogens is 4. The maximum Gasteiger partial charge on any atom is 0.320 e. The summed E-state index contributed by atoms with van der Waals surface area (Å²) in [5, 5.41) is 18.7. The molecule has 2 amide bonds. The van der Waals surface area contributed by atoms with E-state index in [2.05, 4.69) is 41.6 Å². The summed E-state index contributed by atoms with van der Waals surface area (Å²) < 4.78 is 7.90. The Labute approximate surface area is 215 Å². The zero-order chi connectivity index (χ0) is 26.0. The van der Waals surface area contributed by atoms with E-state index in [1.165, 1.54) is 0 Å². The third kappa shape index (κ3) is 5.48. The molecule has 2 heterocycles. The van der Waals surface area contributed by atoms with Crippen molar-refractivity contribution in [2.75, 3.05) is 5.32 Å². The molecule has 188 valence electrons. The standard InChI is InChI=1S/C29H30N6O2/c1-19-9-11-22(12-10-19)35-27(16-26(34-35)29(2,3)4)32-28(36)30-17-20-7-5-6-8-25(20)37-23-13-14-24-21(15-23)18-31-33-24/h5-16,18H,17H2,1-4H3,(H,31,33)(H2,30,32,36). The van der Waals surface area contributed by atoms with Crippen LogP contribution < -0.4 is 15.4 Å². The Balaban J connectivity index is 1.31. The summed E-state index contributed by atoms with van der Waals surface area (Å²) in [6.07, 6.45) is 1.76. The van der Waals surface area contributed by atoms with E-state index in [0.29, 0.717) is 23.9 Å². The van der Waals surface area contributed by atoms with Gasteiger partial charge in [-0.15, -0.1) is 0 Å². The number of aromatic amines is 1. The zero-order valence-corrected chi connectivity index (χ0v) is 21.4. The number of hydrogen-bond acceptors (Lipinski definition) is 4. The van der Waals surface area contributed by atoms with Crippen LogP contribution in [0.5, 0.6) is 11.5 Å². The molecule has 0 saturated carbocycles. The number of aryl methyl sites for hydroxylation is 1. The Hall–Kier alpha value is -4.59. The average molecular weight is 495 g/mol. The van der Waals surface area contributed by atoms with Crippen LogP contribution in [-0.4, -0.2) is 26.0 Å². The molecule has 8 nitrogen and oxygen atoms in total. The Bertz CT molecular complexity index is 1540. The van der Waals surface area contributed by atoms with Crippen molar-refractivity contribution < 1.29 is 9.53 Å². The van der Waals surface area contributed by atoms with Crippen LogP contribution >= 0.6 is 0 Å². The molecule has 3 aromatic carbocycles. The van der Waals surface area contributed by atoms with E-state index in [9.17, 15) is 4.79 Å². The van der Waals surface area contributed by atoms with Crippen molar-refractivity contribution >= 4 is 22.8 Å². The highest BCUT2D eigenvalue weighted by Gasteiger charge is 2.21. The first-order valence-electron chi connectivity index (χ1n) is 12.2. The quantitative estimate of drug-likeness (QED) is 0.252. The lowest BCUT2D eigenvalue weighted by Gasteiger charge is -2.14. The van der Waals surface area contributed by atoms with E-state index in [-0.39, 0.29) is 11.4 Å². The molecule has 3 N–H and O–H groups in total. The normalized spacial score (nSPS) is 11.5. The molecule has 0 aliphatic carbocycles. The monoisotopic (exact) mass is 494 g/mol. The fourth-order valence-electron chi connectivity index (χ4n) is 3.92. The summed E-state index contributed by atoms with van der Waals surface area (Å²) in [4.78, 5) is 13.0. The number of anilines is 1. The summed E-state index contributed by atoms with van der Waals surface area (Å²) in [5.41, 5.74) is 4.55. The predicted octanol–water partition coefficient (Wildman–Crippen LogP) is 6.47. The third-order valence-electron chi connectivity index (χ3n) is 6.05. The number of benzene rings is 3. The SMILES string of the molecule is Cc1ccc(-n2nc(C(C)(C)C)cc2NC(=O)NCc2ccccc2Oc2ccc3[nH]ncc3c2)cc1. The Kier molecular flexibility index (Phi) is 6.40. The maximum atomic E-state index is 13.0. The van der Waals surface area contributed by atoms with Crippen LogP contribution in [-0.2, 0) is 12.0 Å². The predicted molar refractivity (Wildman–Crippen MR) is 145 cm³/mol. The van der Waals surface area contributed by atoms with Gasteiger partial charge in [-0.2, -0.15) is 10.2 Å². The van der Waals surface area contributed by atoms with Gasteiger partial charge < -0.3 is 10.1 Å². The number of rotatable bonds is 6. The Morgan fingerprint density at radius 2 is 1.81 bits per heavy atom. The second-order valence-electron chi connectivity index (χ2n) is 10.0. The number of ether oxygens (including phenoxy) is 1. The molecule has 0 bridgehead atoms. The molecule has 0 atom stereocenters. The molecule has 5 rings (SSSR count). The van der Waals surface area contributed by atoms with Crippen LogP contribution in [0.25, 0.3) is 16.6 Å². The lowest BCUT2D eigenvalue weighted by atomic mass is 9.92. The van der Waals surface area contributed by atoms with Crippen molar-refractivity contribution in [3.8, 4) is 17.2 Å². The molecule has 0 spiro atoms. The summed E-state index contributed by atoms with van der Waals surface area (Å²) in [5.74, 6) is 1.97. The van der Waals surface area contributed by atoms with Gasteiger partial charge in [0, 0.05) is 29.0 Å². The summed E-state index contributed by atoms with van der Waals surface area (Å²) >= 11 is 0. The van der Waals surface area contributed by atoms with Gasteiger partial charge in [-0.25, -0.2) is 9.48 Å². The van der Waals surface area contributed by atoms with Gasteiger partial charge in [0.25, 0.3) is 0 Å². The topological polar surface area (TPSA) is 96.9 Å². The van der Waals surface area contributed by atoms with Crippen LogP contribution in [0.15, 0.2) is 79.0 Å². The van der Waals surface area contributed by atoms with Gasteiger partial charge in [0.15, 0.2) is 0 Å². The number of hydrogen-bond donors (Lipinski definition) is 3. The number of nitrogens with one attached hydrogen (secondary N) is 3. The zero-order valence-electron chi connectivity index (χ0n) is 21.4. The lowest BCUT2D eigenvalue weighted by Crippen LogP contribution is -2.29. The molecule has 8 heteroatoms. The van der Waals surface area contributed by atoms with Crippen molar-refractivity contribution in [2.45, 2.75) is 39.7 Å². The Morgan fingerprint density at radius 1 is 1.03 bits per heavy atom. The van der Waals surface area contributed by atoms with Gasteiger partial charge in [-0.1, -0.05) is 56.7 Å². The summed E-state index contributed by atoms with van der Waals surface area (Å²) in [7, 11) is 0. The van der Waals surface area contributed by atoms with Crippen molar-refractivity contribution in [2.24, 2.45) is 0 Å². The average Bonchev–Trinajstić information content (AvgIpc) is 3.51. The number of H-pyrrole nitrogens is 1. The highest BCUT2D eigenvalue weighted by molar-refractivity contribution is 5.88. The molecule has 5 aromatic rings. The molecule has 0 saturated heterocycles. The highest BCUT2D eigenvalue weighted by Crippen LogP contribution is 2.28. The van der Waals surface area contributed by atoms with Gasteiger partial charge in [0.1, 0.15) is 17.3 Å². The number of amides is 2. The first kappa shape index (κ1) is 24.1. The van der Waals surface area contributed by atoms with E-state index < -0.39 is 0 Å². The minimum absolute atomic E-state index is 0.168. The van der Waals surface area contributed by atoms with Crippen LogP contribution in [0.3, 0.4) is 0 Å². The number of carbonyl (C=O) groups excluding carboxylic acids is 1. The van der Waals surface area contributed by atoms with Crippen LogP contribution in [0.2, 0.25) is 0 Å². The molecule has 0 aliphatic heterocycles. The number of urea groups is 1. The smallest absolute Gasteiger partial charge is 0.320 e. The van der Waals surface area contributed by atoms with Gasteiger partial charge in [0.05, 0.1) is 23.1 Å². The van der Waals surface area contributed by atoms with Crippen LogP contribution in [0.4, 0.5) is 10.6 Å². The maximum absolute atomic E-state index is 13.0. The van der Waals surface area contributed by atoms with Crippen LogP contribution in [0, 0.1) is 6.92 Å². The highest BCUT2D eigenvalue weighted by atomic mass is 16.5. The van der Waals surface area contributed by atoms with E-state index in [1.54, 1.807) is 10.9 Å². The van der Waals surface area contributed by atoms with E-state index in [4.69, 9.17) is 9.84 Å². The molecule has 0 fully saturated rings. The van der Waals surface area contributed by atoms with Crippen LogP contribution in [0.1, 0.15) is 37.6 Å². The molecule has 0 aliphatic rings. The van der Waals surface area contributed by atoms with Gasteiger partial charge >= 0.3 is 6.03 Å². The fraction of sp³-hybridized carbons (Fsp3) is 0.207. The molecular formula is C29H30N6O2. The van der Waals surface area contributed by atoms with Gasteiger partial charge in [-0.05, 0) is 43.3 Å². The van der Waals surface area contributed by atoms with Crippen molar-refractivity contribution in [3.63, 3.8) is 0 Å². The molecular weight excluding hydrogens is 464 g/mol. The minimum atomic E-state index is -0.330. The van der Waals surface area contributed by atoms with E-state index in [0.717, 1.165) is 33.4 Å². The minimum Gasteiger partial charge on any atom is -0.457 e. The number of fused-ring (bicyclic) bond motifs is 1. The number of para-hydroxylation sites is 1. The molecule has 2 aromatic heterocycles. The van der Waals surface area contributed by atoms with E-state index >= 15 is 0 Å². The summed E-state index contributed by atoms with van der Waals surface area (Å²) in [6, 6.07) is 23.0. The van der Waals surface area contributed by atoms with Gasteiger partial charge in [0.2, 0.25) is 0 Å². The second-order valence-corrected chi connectivity index (χ2v) is 10.0. The largest absolute Gasteiger partial charge is 0.457 e. The van der Waals surface area contributed by atoms with Crippen molar-refractivity contribution in [1.82, 2.24) is 25.3 Å². The van der Waals surface area contributed by atoms with Gasteiger partial charge in [-0.3, -0.25) is 10.4 Å². The van der Waals surface area contributed by atoms with Crippen molar-refractivity contribution in [1.29, 1.82) is 0 Å². The molecule has 0 unspecified atom stereocenters. The first-order valence-corrected chi connectivity index (χ1v) is 12.2. The Morgan fingerprint density at radius 3 is 2.59 bits per heavy atom. The fourth-order valence-corrected chi connectivity index (χ4v) is 3.92. The molecule has 37 heavy (non-hydrogen) atoms. The van der Waals surface area contributed by atoms with Crippen molar-refractivity contribution in [3.05, 3.63) is 95.8 Å². The number of carbonyl (C=O) groups is 1. The second kappa shape index (κ2) is 9.81. The lowest BCUT2D eigenvalue weighted by molar-refractivity contribution is 0.251. The first-order chi connectivity index (χ1) is 17.8.